The van der Waals surface area contributed by atoms with Gasteiger partial charge in [0.15, 0.2) is 0 Å². The van der Waals surface area contributed by atoms with E-state index >= 15 is 0 Å². The molecule has 1 saturated heterocycles. The van der Waals surface area contributed by atoms with E-state index in [2.05, 4.69) is 5.32 Å². The summed E-state index contributed by atoms with van der Waals surface area (Å²) in [6.07, 6.45) is 9.00. The van der Waals surface area contributed by atoms with Crippen LogP contribution in [0.15, 0.2) is 0 Å². The zero-order valence-electron chi connectivity index (χ0n) is 12.7. The number of carbonyl (C=O) groups is 2. The van der Waals surface area contributed by atoms with Crippen LogP contribution in [0.1, 0.15) is 64.2 Å². The summed E-state index contributed by atoms with van der Waals surface area (Å²) in [6.45, 7) is 1.05. The predicted molar refractivity (Wildman–Crippen MR) is 79.0 cm³/mol. The lowest BCUT2D eigenvalue weighted by Gasteiger charge is -2.36. The Kier molecular flexibility index (Phi) is 6.03. The molecule has 1 amide bonds. The number of hydrogen-bond acceptors (Lipinski definition) is 3. The molecular formula is C16H27NO4. The summed E-state index contributed by atoms with van der Waals surface area (Å²) < 4.78 is 5.29. The van der Waals surface area contributed by atoms with Crippen molar-refractivity contribution in [3.05, 3.63) is 0 Å². The zero-order valence-corrected chi connectivity index (χ0v) is 12.7. The number of rotatable bonds is 7. The van der Waals surface area contributed by atoms with Gasteiger partial charge in [0.2, 0.25) is 5.91 Å². The minimum atomic E-state index is -0.858. The number of carbonyl (C=O) groups excluding carboxylic acids is 1. The highest BCUT2D eigenvalue weighted by molar-refractivity contribution is 5.78. The van der Waals surface area contributed by atoms with Crippen molar-refractivity contribution < 1.29 is 19.4 Å². The van der Waals surface area contributed by atoms with Gasteiger partial charge >= 0.3 is 5.97 Å². The van der Waals surface area contributed by atoms with Gasteiger partial charge in [0, 0.05) is 19.6 Å². The fourth-order valence-electron chi connectivity index (χ4n) is 3.61. The first-order chi connectivity index (χ1) is 10.1. The van der Waals surface area contributed by atoms with Gasteiger partial charge in [0.25, 0.3) is 0 Å². The minimum Gasteiger partial charge on any atom is -0.481 e. The lowest BCUT2D eigenvalue weighted by molar-refractivity contribution is -0.140. The largest absolute Gasteiger partial charge is 0.481 e. The molecule has 0 spiro atoms. The van der Waals surface area contributed by atoms with E-state index in [1.165, 1.54) is 25.7 Å². The Labute approximate surface area is 126 Å². The van der Waals surface area contributed by atoms with Gasteiger partial charge in [-0.15, -0.1) is 0 Å². The van der Waals surface area contributed by atoms with Gasteiger partial charge in [-0.2, -0.15) is 0 Å². The average Bonchev–Trinajstić information content (AvgIpc) is 2.91. The van der Waals surface area contributed by atoms with Crippen LogP contribution in [-0.2, 0) is 14.3 Å². The first-order valence-electron chi connectivity index (χ1n) is 8.20. The third-order valence-electron chi connectivity index (χ3n) is 4.84. The van der Waals surface area contributed by atoms with Crippen molar-refractivity contribution >= 4 is 11.9 Å². The van der Waals surface area contributed by atoms with Crippen molar-refractivity contribution in [1.29, 1.82) is 0 Å². The Morgan fingerprint density at radius 1 is 1.19 bits per heavy atom. The monoisotopic (exact) mass is 297 g/mol. The maximum Gasteiger partial charge on any atom is 0.305 e. The number of carboxylic acid groups (broad SMARTS) is 1. The van der Waals surface area contributed by atoms with E-state index in [-0.39, 0.29) is 12.3 Å². The van der Waals surface area contributed by atoms with Gasteiger partial charge in [0.05, 0.1) is 12.0 Å². The second-order valence-electron chi connectivity index (χ2n) is 6.55. The second kappa shape index (κ2) is 7.78. The molecular weight excluding hydrogens is 270 g/mol. The molecule has 0 atom stereocenters. The number of aliphatic carboxylic acids is 1. The Morgan fingerprint density at radius 2 is 1.86 bits per heavy atom. The summed E-state index contributed by atoms with van der Waals surface area (Å²) in [7, 11) is 0. The third kappa shape index (κ3) is 5.30. The Morgan fingerprint density at radius 3 is 2.48 bits per heavy atom. The predicted octanol–water partition coefficient (Wildman–Crippen LogP) is 2.49. The van der Waals surface area contributed by atoms with Crippen LogP contribution in [-0.4, -0.2) is 35.7 Å². The average molecular weight is 297 g/mol. The fourth-order valence-corrected chi connectivity index (χ4v) is 3.61. The van der Waals surface area contributed by atoms with Crippen LogP contribution >= 0.6 is 0 Å². The molecule has 2 rings (SSSR count). The second-order valence-corrected chi connectivity index (χ2v) is 6.55. The molecule has 2 aliphatic rings. The lowest BCUT2D eigenvalue weighted by Crippen LogP contribution is -2.53. The fraction of sp³-hybridized carbons (Fsp3) is 0.875. The molecule has 0 aromatic rings. The summed E-state index contributed by atoms with van der Waals surface area (Å²) in [4.78, 5) is 23.2. The van der Waals surface area contributed by atoms with E-state index in [0.717, 1.165) is 18.8 Å². The summed E-state index contributed by atoms with van der Waals surface area (Å²) in [5, 5.41) is 12.1. The molecule has 1 saturated carbocycles. The molecule has 5 heteroatoms. The molecule has 1 heterocycles. The number of amides is 1. The van der Waals surface area contributed by atoms with Crippen molar-refractivity contribution in [3.63, 3.8) is 0 Å². The molecule has 1 aliphatic heterocycles. The van der Waals surface area contributed by atoms with Crippen molar-refractivity contribution in [2.45, 2.75) is 69.7 Å². The normalized spacial score (nSPS) is 22.1. The van der Waals surface area contributed by atoms with Crippen LogP contribution in [0.4, 0.5) is 0 Å². The van der Waals surface area contributed by atoms with Crippen LogP contribution in [0.3, 0.4) is 0 Å². The number of carboxylic acids is 1. The van der Waals surface area contributed by atoms with E-state index in [4.69, 9.17) is 9.84 Å². The van der Waals surface area contributed by atoms with Gasteiger partial charge in [-0.3, -0.25) is 9.59 Å². The highest BCUT2D eigenvalue weighted by atomic mass is 16.5. The van der Waals surface area contributed by atoms with Crippen LogP contribution in [0.2, 0.25) is 0 Å². The molecule has 21 heavy (non-hydrogen) atoms. The maximum atomic E-state index is 12.1. The van der Waals surface area contributed by atoms with Gasteiger partial charge in [-0.1, -0.05) is 25.7 Å². The molecule has 2 N–H and O–H groups in total. The summed E-state index contributed by atoms with van der Waals surface area (Å²) in [6, 6.07) is 0. The summed E-state index contributed by atoms with van der Waals surface area (Å²) in [5.41, 5.74) is -0.603. The molecule has 1 aliphatic carbocycles. The van der Waals surface area contributed by atoms with E-state index in [1.807, 2.05) is 0 Å². The molecule has 0 unspecified atom stereocenters. The molecule has 5 nitrogen and oxygen atoms in total. The first-order valence-corrected chi connectivity index (χ1v) is 8.20. The van der Waals surface area contributed by atoms with Gasteiger partial charge in [-0.05, 0) is 31.6 Å². The molecule has 120 valence electrons. The van der Waals surface area contributed by atoms with E-state index in [1.54, 1.807) is 0 Å². The number of hydrogen-bond donors (Lipinski definition) is 2. The number of nitrogens with one attached hydrogen (secondary N) is 1. The molecule has 0 radical (unpaired) electrons. The third-order valence-corrected chi connectivity index (χ3v) is 4.84. The van der Waals surface area contributed by atoms with Crippen LogP contribution in [0, 0.1) is 5.92 Å². The van der Waals surface area contributed by atoms with Gasteiger partial charge in [-0.25, -0.2) is 0 Å². The van der Waals surface area contributed by atoms with Crippen molar-refractivity contribution in [3.8, 4) is 0 Å². The standard InChI is InChI=1S/C16H27NO4/c18-14(7-3-6-13-4-1-2-5-13)17-16(12-15(19)20)8-10-21-11-9-16/h13H,1-12H2,(H,17,18)(H,19,20). The van der Waals surface area contributed by atoms with Crippen molar-refractivity contribution in [1.82, 2.24) is 5.32 Å². The molecule has 2 fully saturated rings. The molecule has 0 bridgehead atoms. The maximum absolute atomic E-state index is 12.1. The van der Waals surface area contributed by atoms with Crippen LogP contribution < -0.4 is 5.32 Å². The topological polar surface area (TPSA) is 75.6 Å². The summed E-state index contributed by atoms with van der Waals surface area (Å²) >= 11 is 0. The van der Waals surface area contributed by atoms with Gasteiger partial charge < -0.3 is 15.2 Å². The van der Waals surface area contributed by atoms with Gasteiger partial charge in [0.1, 0.15) is 0 Å². The van der Waals surface area contributed by atoms with Crippen molar-refractivity contribution in [2.24, 2.45) is 5.92 Å². The highest BCUT2D eigenvalue weighted by Crippen LogP contribution is 2.29. The Balaban J connectivity index is 1.75. The quantitative estimate of drug-likeness (QED) is 0.757. The minimum absolute atomic E-state index is 0.00357. The molecule has 0 aromatic carbocycles. The smallest absolute Gasteiger partial charge is 0.305 e. The zero-order chi connectivity index (χ0) is 15.1. The SMILES string of the molecule is O=C(O)CC1(NC(=O)CCCC2CCCC2)CCOCC1. The van der Waals surface area contributed by atoms with Crippen LogP contribution in [0.5, 0.6) is 0 Å². The molecule has 0 aromatic heterocycles. The van der Waals surface area contributed by atoms with Crippen molar-refractivity contribution in [2.75, 3.05) is 13.2 Å². The van der Waals surface area contributed by atoms with E-state index in [0.29, 0.717) is 32.5 Å². The van der Waals surface area contributed by atoms with E-state index < -0.39 is 11.5 Å². The van der Waals surface area contributed by atoms with Crippen LogP contribution in [0.25, 0.3) is 0 Å². The highest BCUT2D eigenvalue weighted by Gasteiger charge is 2.36. The Bertz CT molecular complexity index is 357. The first kappa shape index (κ1) is 16.3. The summed E-state index contributed by atoms with van der Waals surface area (Å²) in [5.74, 6) is -0.0619. The number of ether oxygens (including phenoxy) is 1. The Hall–Kier alpha value is -1.10. The van der Waals surface area contributed by atoms with E-state index in [9.17, 15) is 9.59 Å². The lowest BCUT2D eigenvalue weighted by atomic mass is 9.86.